The summed E-state index contributed by atoms with van der Waals surface area (Å²) in [6.07, 6.45) is 1.93. The van der Waals surface area contributed by atoms with E-state index in [1.54, 1.807) is 0 Å². The minimum absolute atomic E-state index is 0.0460. The first-order chi connectivity index (χ1) is 16.3. The monoisotopic (exact) mass is 487 g/mol. The van der Waals surface area contributed by atoms with Crippen molar-refractivity contribution in [1.29, 1.82) is 0 Å². The molecule has 176 valence electrons. The molecule has 0 atom stereocenters. The molecule has 0 radical (unpaired) electrons. The van der Waals surface area contributed by atoms with Crippen molar-refractivity contribution in [3.8, 4) is 22.9 Å². The maximum atomic E-state index is 13.9. The van der Waals surface area contributed by atoms with Crippen LogP contribution >= 0.6 is 11.6 Å². The van der Waals surface area contributed by atoms with E-state index in [-0.39, 0.29) is 27.9 Å². The minimum atomic E-state index is -0.953. The van der Waals surface area contributed by atoms with Crippen LogP contribution in [0.4, 0.5) is 15.1 Å². The van der Waals surface area contributed by atoms with Gasteiger partial charge in [-0.1, -0.05) is 11.6 Å². The second-order valence-corrected chi connectivity index (χ2v) is 7.74. The summed E-state index contributed by atoms with van der Waals surface area (Å²) in [5.74, 6) is -0.439. The number of hydrogen-bond donors (Lipinski definition) is 1. The highest BCUT2D eigenvalue weighted by molar-refractivity contribution is 6.30. The van der Waals surface area contributed by atoms with Gasteiger partial charge in [0.1, 0.15) is 5.82 Å². The molecule has 4 rings (SSSR count). The standard InChI is InChI=1S/C22H19ClFN5O5/c1-33-20(30)14-8-18(13-6-15(23)10-16(24)7-13)27-19(9-14)34-17-11-25-21(26-12-17)28-2-4-29(5-3-28)22(31)32/h6-12H,2-5H2,1H3,(H,31,32). The van der Waals surface area contributed by atoms with E-state index in [2.05, 4.69) is 15.0 Å². The number of ether oxygens (including phenoxy) is 2. The van der Waals surface area contributed by atoms with Crippen molar-refractivity contribution in [3.63, 3.8) is 0 Å². The topological polar surface area (TPSA) is 118 Å². The van der Waals surface area contributed by atoms with E-state index in [1.165, 1.54) is 48.7 Å². The van der Waals surface area contributed by atoms with Crippen LogP contribution in [-0.2, 0) is 4.74 Å². The Morgan fingerprint density at radius 3 is 2.38 bits per heavy atom. The third-order valence-corrected chi connectivity index (χ3v) is 5.27. The number of aromatic nitrogens is 3. The van der Waals surface area contributed by atoms with E-state index < -0.39 is 17.9 Å². The Hall–Kier alpha value is -3.99. The zero-order valence-electron chi connectivity index (χ0n) is 17.9. The summed E-state index contributed by atoms with van der Waals surface area (Å²) in [6, 6.07) is 6.74. The number of halogens is 2. The highest BCUT2D eigenvalue weighted by atomic mass is 35.5. The largest absolute Gasteiger partial charge is 0.465 e. The predicted octanol–water partition coefficient (Wildman–Crippen LogP) is 3.71. The van der Waals surface area contributed by atoms with Crippen LogP contribution in [-0.4, -0.2) is 70.3 Å². The molecule has 1 aliphatic rings. The van der Waals surface area contributed by atoms with Crippen LogP contribution in [0.15, 0.2) is 42.7 Å². The summed E-state index contributed by atoms with van der Waals surface area (Å²) >= 11 is 5.96. The Labute approximate surface area is 198 Å². The van der Waals surface area contributed by atoms with Gasteiger partial charge < -0.3 is 24.4 Å². The Morgan fingerprint density at radius 2 is 1.76 bits per heavy atom. The van der Waals surface area contributed by atoms with Crippen LogP contribution in [0, 0.1) is 5.82 Å². The van der Waals surface area contributed by atoms with E-state index in [4.69, 9.17) is 26.2 Å². The summed E-state index contributed by atoms with van der Waals surface area (Å²) in [7, 11) is 1.24. The van der Waals surface area contributed by atoms with Gasteiger partial charge in [-0.25, -0.2) is 28.9 Å². The van der Waals surface area contributed by atoms with Crippen LogP contribution in [0.25, 0.3) is 11.3 Å². The average Bonchev–Trinajstić information content (AvgIpc) is 2.83. The van der Waals surface area contributed by atoms with Crippen molar-refractivity contribution in [3.05, 3.63) is 59.1 Å². The summed E-state index contributed by atoms with van der Waals surface area (Å²) in [4.78, 5) is 39.3. The number of rotatable bonds is 5. The number of carbonyl (C=O) groups is 2. The number of anilines is 1. The van der Waals surface area contributed by atoms with Gasteiger partial charge in [-0.15, -0.1) is 0 Å². The fourth-order valence-electron chi connectivity index (χ4n) is 3.39. The molecule has 1 saturated heterocycles. The van der Waals surface area contributed by atoms with E-state index in [9.17, 15) is 14.0 Å². The molecule has 3 aromatic rings. The molecular weight excluding hydrogens is 469 g/mol. The third kappa shape index (κ3) is 5.31. The van der Waals surface area contributed by atoms with Crippen molar-refractivity contribution in [1.82, 2.24) is 19.9 Å². The smallest absolute Gasteiger partial charge is 0.407 e. The zero-order chi connectivity index (χ0) is 24.2. The van der Waals surface area contributed by atoms with Gasteiger partial charge in [-0.05, 0) is 24.3 Å². The minimum Gasteiger partial charge on any atom is -0.465 e. The molecule has 0 bridgehead atoms. The van der Waals surface area contributed by atoms with Crippen molar-refractivity contribution < 1.29 is 28.6 Å². The maximum absolute atomic E-state index is 13.9. The van der Waals surface area contributed by atoms with Crippen LogP contribution < -0.4 is 9.64 Å². The molecule has 2 aromatic heterocycles. The van der Waals surface area contributed by atoms with Crippen LogP contribution in [0.1, 0.15) is 10.4 Å². The second-order valence-electron chi connectivity index (χ2n) is 7.31. The molecule has 3 heterocycles. The van der Waals surface area contributed by atoms with Crippen LogP contribution in [0.2, 0.25) is 5.02 Å². The molecule has 1 amide bonds. The number of nitrogens with zero attached hydrogens (tertiary/aromatic N) is 5. The van der Waals surface area contributed by atoms with Crippen molar-refractivity contribution in [2.24, 2.45) is 0 Å². The SMILES string of the molecule is COC(=O)c1cc(Oc2cnc(N3CCN(C(=O)O)CC3)nc2)nc(-c2cc(F)cc(Cl)c2)c1. The number of methoxy groups -OCH3 is 1. The van der Waals surface area contributed by atoms with E-state index in [0.29, 0.717) is 37.7 Å². The number of piperazine rings is 1. The number of benzene rings is 1. The highest BCUT2D eigenvalue weighted by Gasteiger charge is 2.22. The van der Waals surface area contributed by atoms with Crippen LogP contribution in [0.3, 0.4) is 0 Å². The lowest BCUT2D eigenvalue weighted by atomic mass is 10.1. The lowest BCUT2D eigenvalue weighted by molar-refractivity contribution is 0.0600. The summed E-state index contributed by atoms with van der Waals surface area (Å²) in [5, 5.41) is 9.24. The first kappa shape index (κ1) is 23.2. The number of pyridine rings is 1. The van der Waals surface area contributed by atoms with Gasteiger partial charge >= 0.3 is 12.1 Å². The molecular formula is C22H19ClFN5O5. The molecule has 1 aliphatic heterocycles. The number of carbonyl (C=O) groups excluding carboxylic acids is 1. The third-order valence-electron chi connectivity index (χ3n) is 5.05. The summed E-state index contributed by atoms with van der Waals surface area (Å²) in [6.45, 7) is 1.64. The Kier molecular flexibility index (Phi) is 6.73. The van der Waals surface area contributed by atoms with Gasteiger partial charge in [0.15, 0.2) is 5.75 Å². The van der Waals surface area contributed by atoms with E-state index in [1.807, 2.05) is 4.90 Å². The molecule has 0 saturated carbocycles. The van der Waals surface area contributed by atoms with Crippen molar-refractivity contribution in [2.45, 2.75) is 0 Å². The summed E-state index contributed by atoms with van der Waals surface area (Å²) < 4.78 is 24.4. The van der Waals surface area contributed by atoms with Gasteiger partial charge in [-0.2, -0.15) is 0 Å². The lowest BCUT2D eigenvalue weighted by Crippen LogP contribution is -2.48. The first-order valence-corrected chi connectivity index (χ1v) is 10.5. The molecule has 0 spiro atoms. The normalized spacial score (nSPS) is 13.5. The zero-order valence-corrected chi connectivity index (χ0v) is 18.7. The van der Waals surface area contributed by atoms with Crippen LogP contribution in [0.5, 0.6) is 11.6 Å². The average molecular weight is 488 g/mol. The Morgan fingerprint density at radius 1 is 1.06 bits per heavy atom. The Bertz CT molecular complexity index is 1200. The van der Waals surface area contributed by atoms with Gasteiger partial charge in [-0.3, -0.25) is 0 Å². The number of hydrogen-bond acceptors (Lipinski definition) is 8. The molecule has 34 heavy (non-hydrogen) atoms. The van der Waals surface area contributed by atoms with Gasteiger partial charge in [0.05, 0.1) is 30.8 Å². The van der Waals surface area contributed by atoms with Gasteiger partial charge in [0, 0.05) is 42.8 Å². The molecule has 10 nitrogen and oxygen atoms in total. The van der Waals surface area contributed by atoms with E-state index in [0.717, 1.165) is 6.07 Å². The van der Waals surface area contributed by atoms with Gasteiger partial charge in [0.25, 0.3) is 0 Å². The molecule has 12 heteroatoms. The van der Waals surface area contributed by atoms with Gasteiger partial charge in [0.2, 0.25) is 11.8 Å². The summed E-state index contributed by atoms with van der Waals surface area (Å²) in [5.41, 5.74) is 0.762. The number of esters is 1. The molecule has 0 unspecified atom stereocenters. The maximum Gasteiger partial charge on any atom is 0.407 e. The number of amides is 1. The fourth-order valence-corrected chi connectivity index (χ4v) is 3.61. The second kappa shape index (κ2) is 9.87. The quantitative estimate of drug-likeness (QED) is 0.537. The highest BCUT2D eigenvalue weighted by Crippen LogP contribution is 2.28. The molecule has 1 fully saturated rings. The molecule has 0 aliphatic carbocycles. The number of carboxylic acid groups (broad SMARTS) is 1. The first-order valence-electron chi connectivity index (χ1n) is 10.1. The van der Waals surface area contributed by atoms with Crippen molar-refractivity contribution >= 4 is 29.6 Å². The predicted molar refractivity (Wildman–Crippen MR) is 120 cm³/mol. The lowest BCUT2D eigenvalue weighted by Gasteiger charge is -2.32. The molecule has 1 aromatic carbocycles. The molecule has 1 N–H and O–H groups in total. The fraction of sp³-hybridized carbons (Fsp3) is 0.227. The van der Waals surface area contributed by atoms with E-state index >= 15 is 0 Å². The van der Waals surface area contributed by atoms with Crippen molar-refractivity contribution in [2.75, 3.05) is 38.2 Å². The Balaban J connectivity index is 1.56.